The highest BCUT2D eigenvalue weighted by Crippen LogP contribution is 2.44. The Morgan fingerprint density at radius 3 is 1.81 bits per heavy atom. The molecule has 0 aliphatic carbocycles. The van der Waals surface area contributed by atoms with E-state index in [1.165, 1.54) is 65.8 Å². The number of nitrogens with zero attached hydrogens (tertiary/aromatic N) is 2. The van der Waals surface area contributed by atoms with Gasteiger partial charge in [-0.1, -0.05) is 140 Å². The molecule has 3 heterocycles. The van der Waals surface area contributed by atoms with Gasteiger partial charge in [-0.05, 0) is 111 Å². The molecular formula is C56H36N2O. The van der Waals surface area contributed by atoms with Crippen molar-refractivity contribution in [3.05, 3.63) is 219 Å². The summed E-state index contributed by atoms with van der Waals surface area (Å²) in [4.78, 5) is 2.36. The minimum atomic E-state index is 0.862. The van der Waals surface area contributed by atoms with Gasteiger partial charge in [-0.15, -0.1) is 0 Å². The molecule has 3 heteroatoms. The van der Waals surface area contributed by atoms with Crippen LogP contribution in [0.4, 0.5) is 17.1 Å². The zero-order chi connectivity index (χ0) is 38.9. The summed E-state index contributed by atoms with van der Waals surface area (Å²) in [5, 5.41) is 8.36. The molecule has 276 valence electrons. The highest BCUT2D eigenvalue weighted by molar-refractivity contribution is 6.19. The van der Waals surface area contributed by atoms with Crippen LogP contribution in [0.15, 0.2) is 223 Å². The largest absolute Gasteiger partial charge is 0.456 e. The summed E-state index contributed by atoms with van der Waals surface area (Å²) < 4.78 is 8.94. The molecule has 0 saturated heterocycles. The van der Waals surface area contributed by atoms with E-state index in [1.807, 2.05) is 6.07 Å². The molecule has 0 unspecified atom stereocenters. The van der Waals surface area contributed by atoms with Crippen molar-refractivity contribution >= 4 is 77.0 Å². The number of furan rings is 1. The van der Waals surface area contributed by atoms with Gasteiger partial charge in [0.25, 0.3) is 0 Å². The Kier molecular flexibility index (Phi) is 7.54. The van der Waals surface area contributed by atoms with Gasteiger partial charge in [-0.2, -0.15) is 0 Å². The molecule has 3 aromatic heterocycles. The zero-order valence-electron chi connectivity index (χ0n) is 32.1. The fourth-order valence-electron chi connectivity index (χ4n) is 9.19. The molecule has 59 heavy (non-hydrogen) atoms. The quantitative estimate of drug-likeness (QED) is 0.169. The third-order valence-corrected chi connectivity index (χ3v) is 12.0. The first kappa shape index (κ1) is 33.3. The van der Waals surface area contributed by atoms with Gasteiger partial charge in [0, 0.05) is 50.7 Å². The molecular weight excluding hydrogens is 717 g/mol. The Labute approximate surface area is 341 Å². The van der Waals surface area contributed by atoms with Gasteiger partial charge in [0.1, 0.15) is 11.2 Å². The van der Waals surface area contributed by atoms with Crippen molar-refractivity contribution in [3.63, 3.8) is 0 Å². The van der Waals surface area contributed by atoms with Crippen molar-refractivity contribution in [1.82, 2.24) is 4.40 Å². The number of pyridine rings is 1. The summed E-state index contributed by atoms with van der Waals surface area (Å²) in [7, 11) is 0. The Morgan fingerprint density at radius 2 is 0.983 bits per heavy atom. The number of fused-ring (bicyclic) bond motifs is 9. The molecule has 3 nitrogen and oxygen atoms in total. The number of rotatable bonds is 6. The second-order valence-electron chi connectivity index (χ2n) is 15.3. The molecule has 0 aliphatic rings. The molecule has 12 rings (SSSR count). The fraction of sp³-hybridized carbons (Fsp3) is 0. The summed E-state index contributed by atoms with van der Waals surface area (Å²) in [6.45, 7) is 0. The van der Waals surface area contributed by atoms with Crippen LogP contribution in [-0.4, -0.2) is 4.40 Å². The lowest BCUT2D eigenvalue weighted by molar-refractivity contribution is 0.669. The van der Waals surface area contributed by atoms with Crippen LogP contribution in [0.2, 0.25) is 0 Å². The van der Waals surface area contributed by atoms with Crippen LogP contribution in [0.1, 0.15) is 0 Å². The van der Waals surface area contributed by atoms with Gasteiger partial charge in [0.15, 0.2) is 0 Å². The highest BCUT2D eigenvalue weighted by Gasteiger charge is 2.19. The van der Waals surface area contributed by atoms with Crippen LogP contribution in [0.5, 0.6) is 0 Å². The molecule has 0 bridgehead atoms. The molecule has 9 aromatic carbocycles. The summed E-state index contributed by atoms with van der Waals surface area (Å²) in [5.41, 5.74) is 14.6. The molecule has 0 fully saturated rings. The Morgan fingerprint density at radius 1 is 0.356 bits per heavy atom. The predicted octanol–water partition coefficient (Wildman–Crippen LogP) is 15.8. The van der Waals surface area contributed by atoms with Crippen LogP contribution >= 0.6 is 0 Å². The van der Waals surface area contributed by atoms with E-state index < -0.39 is 0 Å². The third kappa shape index (κ3) is 5.44. The Bertz CT molecular complexity index is 3540. The number of benzene rings is 9. The van der Waals surface area contributed by atoms with E-state index in [4.69, 9.17) is 4.42 Å². The monoisotopic (exact) mass is 752 g/mol. The molecule has 12 aromatic rings. The molecule has 0 amide bonds. The van der Waals surface area contributed by atoms with Crippen molar-refractivity contribution in [1.29, 1.82) is 0 Å². The Hall–Kier alpha value is -7.88. The molecule has 0 N–H and O–H groups in total. The van der Waals surface area contributed by atoms with E-state index in [1.54, 1.807) is 0 Å². The smallest absolute Gasteiger partial charge is 0.137 e. The van der Waals surface area contributed by atoms with E-state index in [2.05, 4.69) is 222 Å². The van der Waals surface area contributed by atoms with Crippen molar-refractivity contribution in [2.24, 2.45) is 0 Å². The van der Waals surface area contributed by atoms with Crippen LogP contribution in [0.25, 0.3) is 93.3 Å². The number of anilines is 3. The zero-order valence-corrected chi connectivity index (χ0v) is 32.1. The third-order valence-electron chi connectivity index (χ3n) is 12.0. The molecule has 0 atom stereocenters. The van der Waals surface area contributed by atoms with E-state index >= 15 is 0 Å². The van der Waals surface area contributed by atoms with E-state index in [0.29, 0.717) is 0 Å². The van der Waals surface area contributed by atoms with Crippen LogP contribution < -0.4 is 4.90 Å². The van der Waals surface area contributed by atoms with Crippen LogP contribution in [0, 0.1) is 0 Å². The van der Waals surface area contributed by atoms with Gasteiger partial charge in [-0.3, -0.25) is 0 Å². The molecule has 0 spiro atoms. The van der Waals surface area contributed by atoms with Gasteiger partial charge in [0.2, 0.25) is 0 Å². The molecule has 0 radical (unpaired) electrons. The van der Waals surface area contributed by atoms with E-state index in [-0.39, 0.29) is 0 Å². The van der Waals surface area contributed by atoms with E-state index in [0.717, 1.165) is 44.6 Å². The van der Waals surface area contributed by atoms with E-state index in [9.17, 15) is 0 Å². The van der Waals surface area contributed by atoms with Crippen molar-refractivity contribution < 1.29 is 4.42 Å². The predicted molar refractivity (Wildman–Crippen MR) is 248 cm³/mol. The van der Waals surface area contributed by atoms with Crippen molar-refractivity contribution in [3.8, 4) is 33.4 Å². The average Bonchev–Trinajstić information content (AvgIpc) is 3.85. The fourth-order valence-corrected chi connectivity index (χ4v) is 9.19. The van der Waals surface area contributed by atoms with Crippen LogP contribution in [0.3, 0.4) is 0 Å². The van der Waals surface area contributed by atoms with Gasteiger partial charge in [-0.25, -0.2) is 0 Å². The lowest BCUT2D eigenvalue weighted by atomic mass is 9.95. The van der Waals surface area contributed by atoms with Gasteiger partial charge < -0.3 is 13.7 Å². The maximum atomic E-state index is 6.63. The maximum absolute atomic E-state index is 6.63. The number of hydrogen-bond donors (Lipinski definition) is 0. The maximum Gasteiger partial charge on any atom is 0.137 e. The van der Waals surface area contributed by atoms with Gasteiger partial charge in [0.05, 0.1) is 16.7 Å². The normalized spacial score (nSPS) is 11.7. The summed E-state index contributed by atoms with van der Waals surface area (Å²) in [6.07, 6.45) is 2.17. The highest BCUT2D eigenvalue weighted by atomic mass is 16.3. The van der Waals surface area contributed by atoms with Gasteiger partial charge >= 0.3 is 0 Å². The summed E-state index contributed by atoms with van der Waals surface area (Å²) in [6, 6.07) is 76.4. The number of hydrogen-bond acceptors (Lipinski definition) is 2. The molecule has 0 saturated carbocycles. The van der Waals surface area contributed by atoms with Crippen molar-refractivity contribution in [2.75, 3.05) is 4.90 Å². The first-order valence-corrected chi connectivity index (χ1v) is 20.2. The minimum absolute atomic E-state index is 0.862. The number of aromatic nitrogens is 1. The van der Waals surface area contributed by atoms with Crippen LogP contribution in [-0.2, 0) is 0 Å². The minimum Gasteiger partial charge on any atom is -0.456 e. The lowest BCUT2D eigenvalue weighted by Gasteiger charge is -2.27. The standard InChI is InChI=1S/C56H36N2O/c1-3-12-37(13-4-1)42-24-30-48-49-31-28-45(36-54(49)59-53(48)35-42)58(50-20-11-17-39-14-7-8-18-46(39)50)44-26-21-38(22-27-44)41-23-29-47-43(34-41)25-32-52-56(47)55(40-15-5-2-6-16-40)51-19-9-10-33-57(51)52/h1-36H. The lowest BCUT2D eigenvalue weighted by Crippen LogP contribution is -2.10. The summed E-state index contributed by atoms with van der Waals surface area (Å²) >= 11 is 0. The topological polar surface area (TPSA) is 20.8 Å². The second kappa shape index (κ2) is 13.4. The second-order valence-corrected chi connectivity index (χ2v) is 15.3. The SMILES string of the molecule is c1ccc(-c2ccc3c(c2)oc2cc(N(c4ccc(-c5ccc6c(ccc7c6c(-c6ccccc6)c6ccccn67)c5)cc4)c4cccc5ccccc45)ccc23)cc1. The average molecular weight is 753 g/mol. The van der Waals surface area contributed by atoms with Crippen molar-refractivity contribution in [2.45, 2.75) is 0 Å². The first-order valence-electron chi connectivity index (χ1n) is 20.2. The summed E-state index contributed by atoms with van der Waals surface area (Å²) in [5.74, 6) is 0. The first-order chi connectivity index (χ1) is 29.2. The molecule has 0 aliphatic heterocycles. The Balaban J connectivity index is 0.967.